The lowest BCUT2D eigenvalue weighted by Gasteiger charge is -2.06. The SMILES string of the molecule is CCCOc1ccc2c(ccn2CCCC#N)c1. The van der Waals surface area contributed by atoms with E-state index in [-0.39, 0.29) is 0 Å². The molecule has 0 radical (unpaired) electrons. The van der Waals surface area contributed by atoms with E-state index in [0.29, 0.717) is 6.42 Å². The Morgan fingerprint density at radius 1 is 1.33 bits per heavy atom. The molecule has 0 saturated heterocycles. The minimum Gasteiger partial charge on any atom is -0.494 e. The first-order chi connectivity index (χ1) is 8.85. The second-order valence-corrected chi connectivity index (χ2v) is 4.34. The predicted molar refractivity (Wildman–Crippen MR) is 72.6 cm³/mol. The van der Waals surface area contributed by atoms with Gasteiger partial charge in [0.25, 0.3) is 0 Å². The standard InChI is InChI=1S/C15H18N2O/c1-2-11-18-14-5-6-15-13(12-14)7-10-17(15)9-4-3-8-16/h5-7,10,12H,2-4,9,11H2,1H3. The molecule has 3 nitrogen and oxygen atoms in total. The summed E-state index contributed by atoms with van der Waals surface area (Å²) in [6.07, 6.45) is 4.60. The lowest BCUT2D eigenvalue weighted by atomic mass is 10.2. The number of unbranched alkanes of at least 4 members (excludes halogenated alkanes) is 1. The molecule has 0 N–H and O–H groups in total. The molecule has 0 aliphatic heterocycles. The summed E-state index contributed by atoms with van der Waals surface area (Å²) in [6, 6.07) is 10.5. The van der Waals surface area contributed by atoms with Crippen molar-refractivity contribution in [3.63, 3.8) is 0 Å². The van der Waals surface area contributed by atoms with Crippen molar-refractivity contribution in [1.29, 1.82) is 5.26 Å². The summed E-state index contributed by atoms with van der Waals surface area (Å²) < 4.78 is 7.81. The number of hydrogen-bond donors (Lipinski definition) is 0. The number of rotatable bonds is 6. The number of nitriles is 1. The number of fused-ring (bicyclic) bond motifs is 1. The van der Waals surface area contributed by atoms with Gasteiger partial charge in [0, 0.05) is 30.1 Å². The van der Waals surface area contributed by atoms with E-state index in [2.05, 4.69) is 42.0 Å². The zero-order valence-electron chi connectivity index (χ0n) is 10.7. The van der Waals surface area contributed by atoms with Crippen LogP contribution < -0.4 is 4.74 Å². The van der Waals surface area contributed by atoms with Crippen LogP contribution in [-0.2, 0) is 6.54 Å². The van der Waals surface area contributed by atoms with Gasteiger partial charge in [0.05, 0.1) is 12.7 Å². The van der Waals surface area contributed by atoms with E-state index in [4.69, 9.17) is 10.00 Å². The topological polar surface area (TPSA) is 38.0 Å². The fourth-order valence-electron chi connectivity index (χ4n) is 2.01. The second-order valence-electron chi connectivity index (χ2n) is 4.34. The quantitative estimate of drug-likeness (QED) is 0.724. The van der Waals surface area contributed by atoms with Crippen molar-refractivity contribution in [3.05, 3.63) is 30.5 Å². The maximum absolute atomic E-state index is 8.55. The number of hydrogen-bond acceptors (Lipinski definition) is 2. The summed E-state index contributed by atoms with van der Waals surface area (Å²) in [7, 11) is 0. The summed E-state index contributed by atoms with van der Waals surface area (Å²) in [5, 5.41) is 9.75. The molecule has 2 rings (SSSR count). The molecule has 1 heterocycles. The molecule has 0 aliphatic carbocycles. The molecule has 0 saturated carbocycles. The molecule has 0 spiro atoms. The minimum atomic E-state index is 0.609. The van der Waals surface area contributed by atoms with Crippen molar-refractivity contribution >= 4 is 10.9 Å². The van der Waals surface area contributed by atoms with Gasteiger partial charge in [0.15, 0.2) is 0 Å². The van der Waals surface area contributed by atoms with E-state index in [9.17, 15) is 0 Å². The number of aryl methyl sites for hydroxylation is 1. The van der Waals surface area contributed by atoms with Gasteiger partial charge in [0.2, 0.25) is 0 Å². The fourth-order valence-corrected chi connectivity index (χ4v) is 2.01. The van der Waals surface area contributed by atoms with Crippen LogP contribution in [0.4, 0.5) is 0 Å². The van der Waals surface area contributed by atoms with Crippen LogP contribution in [-0.4, -0.2) is 11.2 Å². The number of ether oxygens (including phenoxy) is 1. The van der Waals surface area contributed by atoms with E-state index in [1.165, 1.54) is 10.9 Å². The third kappa shape index (κ3) is 2.84. The van der Waals surface area contributed by atoms with Crippen LogP contribution in [0.2, 0.25) is 0 Å². The first-order valence-corrected chi connectivity index (χ1v) is 6.44. The molecule has 0 aliphatic rings. The highest BCUT2D eigenvalue weighted by atomic mass is 16.5. The van der Waals surface area contributed by atoms with Crippen LogP contribution in [0.3, 0.4) is 0 Å². The molecule has 0 unspecified atom stereocenters. The molecule has 2 aromatic rings. The van der Waals surface area contributed by atoms with Crippen molar-refractivity contribution in [3.8, 4) is 11.8 Å². The summed E-state index contributed by atoms with van der Waals surface area (Å²) in [5.74, 6) is 0.930. The molecule has 0 atom stereocenters. The smallest absolute Gasteiger partial charge is 0.120 e. The third-order valence-corrected chi connectivity index (χ3v) is 2.90. The van der Waals surface area contributed by atoms with E-state index in [1.807, 2.05) is 6.07 Å². The van der Waals surface area contributed by atoms with Crippen molar-refractivity contribution < 1.29 is 4.74 Å². The maximum atomic E-state index is 8.55. The van der Waals surface area contributed by atoms with Crippen molar-refractivity contribution in [2.24, 2.45) is 0 Å². The number of benzene rings is 1. The highest BCUT2D eigenvalue weighted by Gasteiger charge is 2.02. The first-order valence-electron chi connectivity index (χ1n) is 6.44. The van der Waals surface area contributed by atoms with Crippen LogP contribution in [0.25, 0.3) is 10.9 Å². The Morgan fingerprint density at radius 3 is 3.00 bits per heavy atom. The third-order valence-electron chi connectivity index (χ3n) is 2.90. The van der Waals surface area contributed by atoms with Crippen LogP contribution >= 0.6 is 0 Å². The molecular formula is C15H18N2O. The lowest BCUT2D eigenvalue weighted by Crippen LogP contribution is -1.96. The van der Waals surface area contributed by atoms with Gasteiger partial charge in [-0.2, -0.15) is 5.26 Å². The van der Waals surface area contributed by atoms with Gasteiger partial charge in [-0.15, -0.1) is 0 Å². The Morgan fingerprint density at radius 2 is 2.22 bits per heavy atom. The van der Waals surface area contributed by atoms with Gasteiger partial charge in [-0.05, 0) is 37.1 Å². The van der Waals surface area contributed by atoms with Gasteiger partial charge < -0.3 is 9.30 Å². The molecule has 3 heteroatoms. The molecule has 0 fully saturated rings. The highest BCUT2D eigenvalue weighted by Crippen LogP contribution is 2.22. The Kier molecular flexibility index (Phi) is 4.25. The van der Waals surface area contributed by atoms with Crippen LogP contribution in [0, 0.1) is 11.3 Å². The van der Waals surface area contributed by atoms with Crippen molar-refractivity contribution in [2.45, 2.75) is 32.7 Å². The highest BCUT2D eigenvalue weighted by molar-refractivity contribution is 5.81. The van der Waals surface area contributed by atoms with Crippen LogP contribution in [0.5, 0.6) is 5.75 Å². The van der Waals surface area contributed by atoms with Crippen LogP contribution in [0.1, 0.15) is 26.2 Å². The average Bonchev–Trinajstić information content (AvgIpc) is 2.79. The minimum absolute atomic E-state index is 0.609. The Hall–Kier alpha value is -1.95. The monoisotopic (exact) mass is 242 g/mol. The van der Waals surface area contributed by atoms with Crippen molar-refractivity contribution in [2.75, 3.05) is 6.61 Å². The Balaban J connectivity index is 2.13. The van der Waals surface area contributed by atoms with Gasteiger partial charge in [-0.25, -0.2) is 0 Å². The predicted octanol–water partition coefficient (Wildman–Crippen LogP) is 3.73. The van der Waals surface area contributed by atoms with Crippen molar-refractivity contribution in [1.82, 2.24) is 4.57 Å². The summed E-state index contributed by atoms with van der Waals surface area (Å²) in [6.45, 7) is 3.75. The molecule has 0 amide bonds. The summed E-state index contributed by atoms with van der Waals surface area (Å²) in [4.78, 5) is 0. The summed E-state index contributed by atoms with van der Waals surface area (Å²) >= 11 is 0. The fraction of sp³-hybridized carbons (Fsp3) is 0.400. The van der Waals surface area contributed by atoms with Crippen LogP contribution in [0.15, 0.2) is 30.5 Å². The van der Waals surface area contributed by atoms with Gasteiger partial charge in [-0.3, -0.25) is 0 Å². The Bertz CT molecular complexity index is 551. The number of nitrogens with zero attached hydrogens (tertiary/aromatic N) is 2. The number of aromatic nitrogens is 1. The van der Waals surface area contributed by atoms with E-state index >= 15 is 0 Å². The van der Waals surface area contributed by atoms with E-state index < -0.39 is 0 Å². The molecule has 18 heavy (non-hydrogen) atoms. The lowest BCUT2D eigenvalue weighted by molar-refractivity contribution is 0.318. The Labute approximate surface area is 108 Å². The molecule has 0 bridgehead atoms. The molecule has 1 aromatic carbocycles. The van der Waals surface area contributed by atoms with Gasteiger partial charge in [0.1, 0.15) is 5.75 Å². The van der Waals surface area contributed by atoms with Gasteiger partial charge in [-0.1, -0.05) is 6.92 Å². The molecule has 94 valence electrons. The largest absolute Gasteiger partial charge is 0.494 e. The van der Waals surface area contributed by atoms with Gasteiger partial charge >= 0.3 is 0 Å². The van der Waals surface area contributed by atoms with E-state index in [0.717, 1.165) is 31.7 Å². The zero-order valence-corrected chi connectivity index (χ0v) is 10.7. The molecule has 1 aromatic heterocycles. The zero-order chi connectivity index (χ0) is 12.8. The molecular weight excluding hydrogens is 224 g/mol. The normalized spacial score (nSPS) is 10.4. The maximum Gasteiger partial charge on any atom is 0.120 e. The summed E-state index contributed by atoms with van der Waals surface area (Å²) in [5.41, 5.74) is 1.21. The van der Waals surface area contributed by atoms with E-state index in [1.54, 1.807) is 0 Å². The average molecular weight is 242 g/mol. The first kappa shape index (κ1) is 12.5. The second kappa shape index (κ2) is 6.11.